The highest BCUT2D eigenvalue weighted by atomic mass is 16.5. The Labute approximate surface area is 101 Å². The van der Waals surface area contributed by atoms with Gasteiger partial charge in [-0.3, -0.25) is 0 Å². The van der Waals surface area contributed by atoms with Crippen LogP contribution in [0.25, 0.3) is 0 Å². The van der Waals surface area contributed by atoms with Crippen molar-refractivity contribution in [2.75, 3.05) is 6.54 Å². The summed E-state index contributed by atoms with van der Waals surface area (Å²) in [6, 6.07) is 0.494. The van der Waals surface area contributed by atoms with Crippen molar-refractivity contribution < 1.29 is 4.74 Å². The molecule has 0 spiro atoms. The summed E-state index contributed by atoms with van der Waals surface area (Å²) in [7, 11) is 0. The molecule has 16 heavy (non-hydrogen) atoms. The molecule has 0 radical (unpaired) electrons. The van der Waals surface area contributed by atoms with Gasteiger partial charge in [-0.2, -0.15) is 0 Å². The van der Waals surface area contributed by atoms with Crippen molar-refractivity contribution in [3.63, 3.8) is 0 Å². The van der Waals surface area contributed by atoms with E-state index in [1.54, 1.807) is 0 Å². The summed E-state index contributed by atoms with van der Waals surface area (Å²) in [6.07, 6.45) is 8.28. The van der Waals surface area contributed by atoms with E-state index in [2.05, 4.69) is 33.0 Å². The van der Waals surface area contributed by atoms with Crippen molar-refractivity contribution in [2.24, 2.45) is 0 Å². The molecule has 0 saturated carbocycles. The number of hydrogen-bond acceptors (Lipinski definition) is 2. The minimum absolute atomic E-state index is 0.0676. The Balaban J connectivity index is 2.19. The van der Waals surface area contributed by atoms with Gasteiger partial charge < -0.3 is 10.1 Å². The monoisotopic (exact) mass is 227 g/mol. The topological polar surface area (TPSA) is 21.3 Å². The number of rotatable bonds is 6. The zero-order valence-electron chi connectivity index (χ0n) is 11.5. The molecule has 0 aliphatic carbocycles. The van der Waals surface area contributed by atoms with E-state index in [0.29, 0.717) is 12.1 Å². The molecule has 0 bridgehead atoms. The number of nitrogens with one attached hydrogen (secondary N) is 1. The molecule has 3 atom stereocenters. The lowest BCUT2D eigenvalue weighted by Gasteiger charge is -2.41. The number of hydrogen-bond donors (Lipinski definition) is 1. The summed E-state index contributed by atoms with van der Waals surface area (Å²) in [4.78, 5) is 0. The van der Waals surface area contributed by atoms with E-state index in [-0.39, 0.29) is 5.60 Å². The molecule has 0 aromatic heterocycles. The van der Waals surface area contributed by atoms with Gasteiger partial charge in [0.25, 0.3) is 0 Å². The van der Waals surface area contributed by atoms with Crippen molar-refractivity contribution in [2.45, 2.75) is 84.0 Å². The SMILES string of the molecule is CCCCCCCC1(C)CNC(C)C(C)O1. The van der Waals surface area contributed by atoms with E-state index >= 15 is 0 Å². The molecule has 1 aliphatic heterocycles. The van der Waals surface area contributed by atoms with Crippen molar-refractivity contribution >= 4 is 0 Å². The van der Waals surface area contributed by atoms with Crippen molar-refractivity contribution in [3.05, 3.63) is 0 Å². The van der Waals surface area contributed by atoms with Crippen LogP contribution in [0.3, 0.4) is 0 Å². The summed E-state index contributed by atoms with van der Waals surface area (Å²) in [6.45, 7) is 9.89. The Morgan fingerprint density at radius 1 is 1.19 bits per heavy atom. The smallest absolute Gasteiger partial charge is 0.0782 e. The third-order valence-corrected chi connectivity index (χ3v) is 3.78. The Kier molecular flexibility index (Phi) is 5.77. The molecule has 1 heterocycles. The predicted octanol–water partition coefficient (Wildman–Crippen LogP) is 3.50. The van der Waals surface area contributed by atoms with Gasteiger partial charge in [-0.05, 0) is 27.2 Å². The average molecular weight is 227 g/mol. The summed E-state index contributed by atoms with van der Waals surface area (Å²) < 4.78 is 6.13. The zero-order chi connectivity index (χ0) is 12.0. The molecule has 96 valence electrons. The summed E-state index contributed by atoms with van der Waals surface area (Å²) in [5, 5.41) is 3.55. The van der Waals surface area contributed by atoms with Crippen molar-refractivity contribution in [1.29, 1.82) is 0 Å². The van der Waals surface area contributed by atoms with Crippen LogP contribution in [0.15, 0.2) is 0 Å². The van der Waals surface area contributed by atoms with Crippen LogP contribution in [-0.4, -0.2) is 24.3 Å². The van der Waals surface area contributed by atoms with Crippen molar-refractivity contribution in [3.8, 4) is 0 Å². The molecule has 3 unspecified atom stereocenters. The van der Waals surface area contributed by atoms with Gasteiger partial charge in [0.1, 0.15) is 0 Å². The second-order valence-electron chi connectivity index (χ2n) is 5.61. The maximum absolute atomic E-state index is 6.13. The average Bonchev–Trinajstić information content (AvgIpc) is 2.24. The third kappa shape index (κ3) is 4.42. The molecule has 1 fully saturated rings. The van der Waals surface area contributed by atoms with Crippen LogP contribution >= 0.6 is 0 Å². The molecule has 2 nitrogen and oxygen atoms in total. The van der Waals surface area contributed by atoms with Gasteiger partial charge in [0, 0.05) is 12.6 Å². The number of ether oxygens (including phenoxy) is 1. The summed E-state index contributed by atoms with van der Waals surface area (Å²) in [5.74, 6) is 0. The molecule has 1 saturated heterocycles. The van der Waals surface area contributed by atoms with Gasteiger partial charge in [-0.25, -0.2) is 0 Å². The second kappa shape index (κ2) is 6.61. The van der Waals surface area contributed by atoms with E-state index in [9.17, 15) is 0 Å². The fraction of sp³-hybridized carbons (Fsp3) is 1.00. The van der Waals surface area contributed by atoms with E-state index in [1.807, 2.05) is 0 Å². The Hall–Kier alpha value is -0.0800. The highest BCUT2D eigenvalue weighted by Crippen LogP contribution is 2.25. The van der Waals surface area contributed by atoms with Crippen LogP contribution < -0.4 is 5.32 Å². The highest BCUT2D eigenvalue weighted by Gasteiger charge is 2.33. The van der Waals surface area contributed by atoms with E-state index in [1.165, 1.54) is 38.5 Å². The van der Waals surface area contributed by atoms with Gasteiger partial charge >= 0.3 is 0 Å². The molecule has 0 amide bonds. The lowest BCUT2D eigenvalue weighted by Crippen LogP contribution is -2.55. The maximum atomic E-state index is 6.13. The lowest BCUT2D eigenvalue weighted by atomic mass is 9.94. The first-order valence-electron chi connectivity index (χ1n) is 6.98. The first-order valence-corrected chi connectivity index (χ1v) is 6.98. The standard InChI is InChI=1S/C14H29NO/c1-5-6-7-8-9-10-14(4)11-15-12(2)13(3)16-14/h12-13,15H,5-11H2,1-4H3. The quantitative estimate of drug-likeness (QED) is 0.701. The number of unbranched alkanes of at least 4 members (excludes halogenated alkanes) is 4. The summed E-state index contributed by atoms with van der Waals surface area (Å²) in [5.41, 5.74) is 0.0676. The minimum Gasteiger partial charge on any atom is -0.369 e. The molecule has 1 aliphatic rings. The van der Waals surface area contributed by atoms with Gasteiger partial charge in [0.15, 0.2) is 0 Å². The van der Waals surface area contributed by atoms with E-state index < -0.39 is 0 Å². The Morgan fingerprint density at radius 3 is 2.50 bits per heavy atom. The molecule has 0 aromatic rings. The minimum atomic E-state index is 0.0676. The predicted molar refractivity (Wildman–Crippen MR) is 69.8 cm³/mol. The second-order valence-corrected chi connectivity index (χ2v) is 5.61. The van der Waals surface area contributed by atoms with Crippen LogP contribution in [0.4, 0.5) is 0 Å². The molecule has 1 rings (SSSR count). The Bertz CT molecular complexity index is 195. The molecule has 2 heteroatoms. The third-order valence-electron chi connectivity index (χ3n) is 3.78. The van der Waals surface area contributed by atoms with Crippen LogP contribution in [0.5, 0.6) is 0 Å². The van der Waals surface area contributed by atoms with E-state index in [0.717, 1.165) is 6.54 Å². The lowest BCUT2D eigenvalue weighted by molar-refractivity contribution is -0.119. The first-order chi connectivity index (χ1) is 7.57. The number of morpholine rings is 1. The van der Waals surface area contributed by atoms with Crippen LogP contribution in [-0.2, 0) is 4.74 Å². The fourth-order valence-electron chi connectivity index (χ4n) is 2.39. The molecule has 0 aromatic carbocycles. The van der Waals surface area contributed by atoms with Crippen molar-refractivity contribution in [1.82, 2.24) is 5.32 Å². The van der Waals surface area contributed by atoms with Gasteiger partial charge in [0.05, 0.1) is 11.7 Å². The molecular formula is C14H29NO. The zero-order valence-corrected chi connectivity index (χ0v) is 11.5. The molecule has 1 N–H and O–H groups in total. The highest BCUT2D eigenvalue weighted by molar-refractivity contribution is 4.87. The van der Waals surface area contributed by atoms with E-state index in [4.69, 9.17) is 4.74 Å². The molecular weight excluding hydrogens is 198 g/mol. The van der Waals surface area contributed by atoms with Crippen LogP contribution in [0.1, 0.15) is 66.2 Å². The van der Waals surface area contributed by atoms with Crippen LogP contribution in [0, 0.1) is 0 Å². The maximum Gasteiger partial charge on any atom is 0.0782 e. The van der Waals surface area contributed by atoms with Crippen LogP contribution in [0.2, 0.25) is 0 Å². The largest absolute Gasteiger partial charge is 0.369 e. The fourth-order valence-corrected chi connectivity index (χ4v) is 2.39. The van der Waals surface area contributed by atoms with Gasteiger partial charge in [-0.15, -0.1) is 0 Å². The Morgan fingerprint density at radius 2 is 1.88 bits per heavy atom. The normalized spacial score (nSPS) is 35.2. The summed E-state index contributed by atoms with van der Waals surface area (Å²) >= 11 is 0. The van der Waals surface area contributed by atoms with Gasteiger partial charge in [-0.1, -0.05) is 39.0 Å². The first kappa shape index (κ1) is 14.0. The van der Waals surface area contributed by atoms with Gasteiger partial charge in [0.2, 0.25) is 0 Å².